The summed E-state index contributed by atoms with van der Waals surface area (Å²) in [7, 11) is 0. The minimum absolute atomic E-state index is 0.0814. The molecule has 2 aromatic carbocycles. The minimum Gasteiger partial charge on any atom is -0.506 e. The van der Waals surface area contributed by atoms with Crippen molar-refractivity contribution in [1.29, 1.82) is 0 Å². The van der Waals surface area contributed by atoms with Crippen LogP contribution in [0.25, 0.3) is 11.3 Å². The fourth-order valence-corrected chi connectivity index (χ4v) is 2.70. The smallest absolute Gasteiger partial charge is 0.289 e. The minimum atomic E-state index is -0.523. The normalized spacial score (nSPS) is 10.9. The molecule has 0 radical (unpaired) electrons. The highest BCUT2D eigenvalue weighted by molar-refractivity contribution is 6.36. The quantitative estimate of drug-likeness (QED) is 0.335. The molecule has 0 saturated heterocycles. The van der Waals surface area contributed by atoms with Crippen molar-refractivity contribution in [2.45, 2.75) is 0 Å². The fourth-order valence-electron chi connectivity index (χ4n) is 2.20. The van der Waals surface area contributed by atoms with Gasteiger partial charge in [0.15, 0.2) is 0 Å². The van der Waals surface area contributed by atoms with Crippen LogP contribution in [0.2, 0.25) is 10.0 Å². The maximum absolute atomic E-state index is 12.1. The molecule has 0 saturated carbocycles. The van der Waals surface area contributed by atoms with Gasteiger partial charge in [-0.15, -0.1) is 4.91 Å². The summed E-state index contributed by atoms with van der Waals surface area (Å²) in [5.74, 6) is -0.802. The van der Waals surface area contributed by atoms with Crippen molar-refractivity contribution in [3.8, 4) is 17.0 Å². The van der Waals surface area contributed by atoms with E-state index in [1.807, 2.05) is 0 Å². The molecule has 0 unspecified atom stereocenters. The molecule has 1 heterocycles. The van der Waals surface area contributed by atoms with Crippen molar-refractivity contribution in [3.05, 3.63) is 68.7 Å². The van der Waals surface area contributed by atoms with Crippen molar-refractivity contribution in [2.24, 2.45) is 10.3 Å². The van der Waals surface area contributed by atoms with Gasteiger partial charge in [0.1, 0.15) is 17.1 Å². The van der Waals surface area contributed by atoms with Crippen LogP contribution < -0.4 is 5.43 Å². The summed E-state index contributed by atoms with van der Waals surface area (Å²) in [6.07, 6.45) is 1.31. The number of carbonyl (C=O) groups is 1. The Morgan fingerprint density at radius 1 is 1.19 bits per heavy atom. The van der Waals surface area contributed by atoms with Crippen molar-refractivity contribution in [2.75, 3.05) is 0 Å². The van der Waals surface area contributed by atoms with Gasteiger partial charge < -0.3 is 5.11 Å². The van der Waals surface area contributed by atoms with Gasteiger partial charge in [0.25, 0.3) is 5.91 Å². The lowest BCUT2D eigenvalue weighted by Crippen LogP contribution is -2.17. The lowest BCUT2D eigenvalue weighted by Gasteiger charge is -2.00. The van der Waals surface area contributed by atoms with Crippen LogP contribution in [0.4, 0.5) is 5.69 Å². The molecule has 0 aliphatic carbocycles. The zero-order valence-corrected chi connectivity index (χ0v) is 15.0. The van der Waals surface area contributed by atoms with Crippen LogP contribution in [0.3, 0.4) is 0 Å². The third-order valence-electron chi connectivity index (χ3n) is 3.51. The zero-order valence-electron chi connectivity index (χ0n) is 13.5. The number of carbonyl (C=O) groups excluding carboxylic acids is 1. The van der Waals surface area contributed by atoms with Gasteiger partial charge in [0.2, 0.25) is 0 Å². The monoisotopic (exact) mass is 403 g/mol. The van der Waals surface area contributed by atoms with Crippen molar-refractivity contribution >= 4 is 41.0 Å². The number of aromatic hydroxyl groups is 1. The van der Waals surface area contributed by atoms with E-state index in [2.05, 4.69) is 25.9 Å². The summed E-state index contributed by atoms with van der Waals surface area (Å²) in [5.41, 5.74) is 3.99. The van der Waals surface area contributed by atoms with Gasteiger partial charge in [-0.1, -0.05) is 29.3 Å². The first kappa shape index (κ1) is 18.6. The number of nitroso groups, excluding NO2 is 1. The number of aromatic nitrogens is 2. The fraction of sp³-hybridized carbons (Fsp3) is 0. The van der Waals surface area contributed by atoms with Crippen LogP contribution in [0.15, 0.2) is 52.7 Å². The Balaban J connectivity index is 1.69. The number of amides is 1. The number of hydrogen-bond acceptors (Lipinski definition) is 6. The van der Waals surface area contributed by atoms with Gasteiger partial charge in [-0.2, -0.15) is 10.2 Å². The van der Waals surface area contributed by atoms with Gasteiger partial charge in [-0.3, -0.25) is 9.89 Å². The highest BCUT2D eigenvalue weighted by Crippen LogP contribution is 2.29. The van der Waals surface area contributed by atoms with Gasteiger partial charge in [0, 0.05) is 10.6 Å². The molecule has 3 rings (SSSR count). The van der Waals surface area contributed by atoms with Crippen LogP contribution in [-0.2, 0) is 0 Å². The molecule has 3 aromatic rings. The molecule has 0 fully saturated rings. The molecule has 0 spiro atoms. The molecule has 0 aliphatic rings. The molecule has 0 atom stereocenters. The number of nitrogens with one attached hydrogen (secondary N) is 2. The number of nitrogens with zero attached hydrogens (tertiary/aromatic N) is 3. The third-order valence-corrected chi connectivity index (χ3v) is 4.05. The number of phenols is 1. The maximum atomic E-state index is 12.1. The van der Waals surface area contributed by atoms with Crippen molar-refractivity contribution in [3.63, 3.8) is 0 Å². The first-order chi connectivity index (χ1) is 13.0. The molecule has 27 heavy (non-hydrogen) atoms. The number of aromatic amines is 1. The number of rotatable bonds is 5. The van der Waals surface area contributed by atoms with E-state index < -0.39 is 5.91 Å². The Hall–Kier alpha value is -3.23. The molecule has 8 nitrogen and oxygen atoms in total. The first-order valence-corrected chi connectivity index (χ1v) is 8.24. The molecule has 0 bridgehead atoms. The molecule has 0 aliphatic heterocycles. The largest absolute Gasteiger partial charge is 0.506 e. The zero-order chi connectivity index (χ0) is 19.4. The third kappa shape index (κ3) is 4.30. The predicted octanol–water partition coefficient (Wildman–Crippen LogP) is 4.25. The van der Waals surface area contributed by atoms with E-state index in [0.717, 1.165) is 0 Å². The molecular formula is C17H11Cl2N5O3. The highest BCUT2D eigenvalue weighted by atomic mass is 35.5. The Bertz CT molecular complexity index is 1050. The van der Waals surface area contributed by atoms with E-state index >= 15 is 0 Å². The standard InChI is InChI=1S/C17H11Cl2N5O3/c18-10-2-3-11(12(19)6-10)14-7-15(22-21-14)17(26)23-20-8-9-1-4-13(24-27)16(25)5-9/h1-8,25H,(H,21,22)(H,23,26)/b20-8+. The van der Waals surface area contributed by atoms with Crippen LogP contribution in [0, 0.1) is 4.91 Å². The molecular weight excluding hydrogens is 393 g/mol. The molecule has 1 amide bonds. The molecule has 3 N–H and O–H groups in total. The van der Waals surface area contributed by atoms with Crippen LogP contribution in [0.5, 0.6) is 5.75 Å². The van der Waals surface area contributed by atoms with E-state index in [4.69, 9.17) is 23.2 Å². The highest BCUT2D eigenvalue weighted by Gasteiger charge is 2.12. The summed E-state index contributed by atoms with van der Waals surface area (Å²) in [6.45, 7) is 0. The maximum Gasteiger partial charge on any atom is 0.289 e. The van der Waals surface area contributed by atoms with E-state index in [1.165, 1.54) is 30.5 Å². The summed E-state index contributed by atoms with van der Waals surface area (Å²) in [6, 6.07) is 10.6. The average Bonchev–Trinajstić information content (AvgIpc) is 3.11. The van der Waals surface area contributed by atoms with Crippen molar-refractivity contribution < 1.29 is 9.90 Å². The van der Waals surface area contributed by atoms with Crippen LogP contribution in [-0.4, -0.2) is 27.4 Å². The second-order valence-electron chi connectivity index (χ2n) is 5.33. The van der Waals surface area contributed by atoms with Crippen LogP contribution in [0.1, 0.15) is 16.1 Å². The lowest BCUT2D eigenvalue weighted by atomic mass is 10.1. The summed E-state index contributed by atoms with van der Waals surface area (Å²) < 4.78 is 0. The lowest BCUT2D eigenvalue weighted by molar-refractivity contribution is 0.0950. The Morgan fingerprint density at radius 3 is 2.70 bits per heavy atom. The number of phenolic OH excluding ortho intramolecular Hbond substituents is 1. The number of hydrogen-bond donors (Lipinski definition) is 3. The van der Waals surface area contributed by atoms with Crippen LogP contribution >= 0.6 is 23.2 Å². The van der Waals surface area contributed by atoms with E-state index in [0.29, 0.717) is 26.9 Å². The second-order valence-corrected chi connectivity index (χ2v) is 6.17. The average molecular weight is 404 g/mol. The van der Waals surface area contributed by atoms with Gasteiger partial charge >= 0.3 is 0 Å². The molecule has 10 heteroatoms. The Morgan fingerprint density at radius 2 is 2.00 bits per heavy atom. The van der Waals surface area contributed by atoms with E-state index in [-0.39, 0.29) is 17.1 Å². The van der Waals surface area contributed by atoms with Gasteiger partial charge in [-0.05, 0) is 47.1 Å². The van der Waals surface area contributed by atoms with E-state index in [9.17, 15) is 14.8 Å². The second kappa shape index (κ2) is 7.98. The first-order valence-electron chi connectivity index (χ1n) is 7.48. The summed E-state index contributed by atoms with van der Waals surface area (Å²) in [4.78, 5) is 22.5. The van der Waals surface area contributed by atoms with Gasteiger partial charge in [0.05, 0.1) is 16.9 Å². The Kier molecular flexibility index (Phi) is 5.49. The SMILES string of the molecule is O=Nc1ccc(/C=N/NC(=O)c2cc(-c3ccc(Cl)cc3Cl)n[nH]2)cc1O. The Labute approximate surface area is 162 Å². The van der Waals surface area contributed by atoms with Gasteiger partial charge in [-0.25, -0.2) is 5.43 Å². The summed E-state index contributed by atoms with van der Waals surface area (Å²) in [5, 5.41) is 23.6. The number of benzene rings is 2. The summed E-state index contributed by atoms with van der Waals surface area (Å²) >= 11 is 12.0. The van der Waals surface area contributed by atoms with E-state index in [1.54, 1.807) is 18.2 Å². The number of H-pyrrole nitrogens is 1. The molecule has 136 valence electrons. The molecule has 1 aromatic heterocycles. The van der Waals surface area contributed by atoms with Crippen molar-refractivity contribution in [1.82, 2.24) is 15.6 Å². The topological polar surface area (TPSA) is 120 Å². The predicted molar refractivity (Wildman–Crippen MR) is 103 cm³/mol. The number of hydrazone groups is 1. The number of halogens is 2.